The molecule has 0 bridgehead atoms. The van der Waals surface area contributed by atoms with Gasteiger partial charge in [-0.05, 0) is 55.2 Å². The van der Waals surface area contributed by atoms with E-state index >= 15 is 0 Å². The minimum atomic E-state index is -0.518. The zero-order valence-corrected chi connectivity index (χ0v) is 15.4. The zero-order valence-electron chi connectivity index (χ0n) is 15.4. The van der Waals surface area contributed by atoms with Crippen molar-refractivity contribution >= 4 is 16.7 Å². The number of carbonyl (C=O) groups is 1. The van der Waals surface area contributed by atoms with Crippen LogP contribution in [0.5, 0.6) is 5.75 Å². The number of amides is 1. The second-order valence-corrected chi connectivity index (χ2v) is 6.65. The Bertz CT molecular complexity index is 888. The number of hydrogen-bond donors (Lipinski definition) is 1. The van der Waals surface area contributed by atoms with E-state index in [4.69, 9.17) is 4.74 Å². The lowest BCUT2D eigenvalue weighted by molar-refractivity contribution is -0.127. The summed E-state index contributed by atoms with van der Waals surface area (Å²) in [5, 5.41) is 5.23. The lowest BCUT2D eigenvalue weighted by Gasteiger charge is -2.15. The van der Waals surface area contributed by atoms with E-state index < -0.39 is 6.10 Å². The van der Waals surface area contributed by atoms with E-state index in [1.165, 1.54) is 11.1 Å². The molecule has 1 amide bonds. The Morgan fingerprint density at radius 2 is 1.81 bits per heavy atom. The third kappa shape index (κ3) is 4.85. The van der Waals surface area contributed by atoms with Gasteiger partial charge in [-0.1, -0.05) is 60.2 Å². The van der Waals surface area contributed by atoms with Crippen molar-refractivity contribution in [3.05, 3.63) is 77.9 Å². The van der Waals surface area contributed by atoms with Crippen LogP contribution in [-0.4, -0.2) is 18.6 Å². The Balaban J connectivity index is 1.46. The van der Waals surface area contributed by atoms with Crippen LogP contribution in [0.25, 0.3) is 10.8 Å². The molecule has 134 valence electrons. The number of fused-ring (bicyclic) bond motifs is 1. The van der Waals surface area contributed by atoms with Gasteiger partial charge >= 0.3 is 0 Å². The van der Waals surface area contributed by atoms with Crippen LogP contribution in [0, 0.1) is 6.92 Å². The average Bonchev–Trinajstić information content (AvgIpc) is 2.65. The predicted octanol–water partition coefficient (Wildman–Crippen LogP) is 4.66. The van der Waals surface area contributed by atoms with Crippen LogP contribution in [0.2, 0.25) is 0 Å². The second kappa shape index (κ2) is 8.52. The van der Waals surface area contributed by atoms with Crippen LogP contribution in [-0.2, 0) is 11.2 Å². The van der Waals surface area contributed by atoms with Gasteiger partial charge in [-0.2, -0.15) is 0 Å². The van der Waals surface area contributed by atoms with Crippen molar-refractivity contribution in [3.8, 4) is 5.75 Å². The second-order valence-electron chi connectivity index (χ2n) is 6.65. The minimum absolute atomic E-state index is 0.0811. The number of rotatable bonds is 7. The first-order valence-electron chi connectivity index (χ1n) is 9.10. The van der Waals surface area contributed by atoms with Crippen molar-refractivity contribution in [2.24, 2.45) is 0 Å². The highest BCUT2D eigenvalue weighted by molar-refractivity contribution is 5.84. The maximum atomic E-state index is 12.2. The van der Waals surface area contributed by atoms with Crippen LogP contribution in [0.4, 0.5) is 0 Å². The van der Waals surface area contributed by atoms with Crippen molar-refractivity contribution in [3.63, 3.8) is 0 Å². The SMILES string of the molecule is Cc1cccc(CCCNC(=O)[C@H](C)Oc2ccc3ccccc3c2)c1. The highest BCUT2D eigenvalue weighted by Crippen LogP contribution is 2.21. The van der Waals surface area contributed by atoms with Crippen LogP contribution < -0.4 is 10.1 Å². The number of carbonyl (C=O) groups excluding carboxylic acids is 1. The summed E-state index contributed by atoms with van der Waals surface area (Å²) in [5.41, 5.74) is 2.57. The Morgan fingerprint density at radius 1 is 1.00 bits per heavy atom. The van der Waals surface area contributed by atoms with Crippen LogP contribution in [0.15, 0.2) is 66.7 Å². The van der Waals surface area contributed by atoms with E-state index in [1.54, 1.807) is 6.92 Å². The molecule has 0 fully saturated rings. The lowest BCUT2D eigenvalue weighted by Crippen LogP contribution is -2.36. The molecule has 0 heterocycles. The summed E-state index contributed by atoms with van der Waals surface area (Å²) in [4.78, 5) is 12.2. The molecule has 1 atom stereocenters. The fourth-order valence-corrected chi connectivity index (χ4v) is 3.01. The molecule has 0 spiro atoms. The van der Waals surface area contributed by atoms with Crippen LogP contribution >= 0.6 is 0 Å². The maximum absolute atomic E-state index is 12.2. The Kier molecular flexibility index (Phi) is 5.90. The average molecular weight is 347 g/mol. The van der Waals surface area contributed by atoms with Crippen molar-refractivity contribution in [1.82, 2.24) is 5.32 Å². The fourth-order valence-electron chi connectivity index (χ4n) is 3.01. The van der Waals surface area contributed by atoms with Gasteiger partial charge in [-0.25, -0.2) is 0 Å². The molecule has 0 aliphatic heterocycles. The van der Waals surface area contributed by atoms with E-state index in [0.29, 0.717) is 12.3 Å². The van der Waals surface area contributed by atoms with Crippen LogP contribution in [0.3, 0.4) is 0 Å². The molecule has 3 rings (SSSR count). The molecule has 3 heteroatoms. The fraction of sp³-hybridized carbons (Fsp3) is 0.261. The minimum Gasteiger partial charge on any atom is -0.481 e. The van der Waals surface area contributed by atoms with Gasteiger partial charge in [-0.15, -0.1) is 0 Å². The van der Waals surface area contributed by atoms with E-state index in [1.807, 2.05) is 36.4 Å². The Morgan fingerprint density at radius 3 is 2.62 bits per heavy atom. The van der Waals surface area contributed by atoms with Gasteiger partial charge in [0, 0.05) is 6.54 Å². The summed E-state index contributed by atoms with van der Waals surface area (Å²) in [5.74, 6) is 0.633. The summed E-state index contributed by atoms with van der Waals surface area (Å²) in [7, 11) is 0. The number of ether oxygens (including phenoxy) is 1. The first-order valence-corrected chi connectivity index (χ1v) is 9.10. The summed E-state index contributed by atoms with van der Waals surface area (Å²) in [6.07, 6.45) is 1.36. The van der Waals surface area contributed by atoms with Gasteiger partial charge < -0.3 is 10.1 Å². The Labute approximate surface area is 155 Å². The maximum Gasteiger partial charge on any atom is 0.260 e. The van der Waals surface area contributed by atoms with Gasteiger partial charge in [0.2, 0.25) is 0 Å². The van der Waals surface area contributed by atoms with Gasteiger partial charge in [-0.3, -0.25) is 4.79 Å². The standard InChI is InChI=1S/C23H25NO2/c1-17-7-5-8-19(15-17)9-6-14-24-23(25)18(2)26-22-13-12-20-10-3-4-11-21(20)16-22/h3-5,7-8,10-13,15-16,18H,6,9,14H2,1-2H3,(H,24,25)/t18-/m0/s1. The lowest BCUT2D eigenvalue weighted by atomic mass is 10.1. The molecule has 0 saturated carbocycles. The first kappa shape index (κ1) is 18.0. The summed E-state index contributed by atoms with van der Waals surface area (Å²) in [6.45, 7) is 4.53. The molecule has 3 aromatic carbocycles. The van der Waals surface area contributed by atoms with Crippen LogP contribution in [0.1, 0.15) is 24.5 Å². The van der Waals surface area contributed by atoms with Gasteiger partial charge in [0.15, 0.2) is 6.10 Å². The van der Waals surface area contributed by atoms with E-state index in [0.717, 1.165) is 23.6 Å². The summed E-state index contributed by atoms with van der Waals surface area (Å²) in [6, 6.07) is 22.5. The summed E-state index contributed by atoms with van der Waals surface area (Å²) >= 11 is 0. The third-order valence-electron chi connectivity index (χ3n) is 4.43. The highest BCUT2D eigenvalue weighted by atomic mass is 16.5. The van der Waals surface area contributed by atoms with Crippen molar-refractivity contribution in [2.75, 3.05) is 6.54 Å². The van der Waals surface area contributed by atoms with Crippen molar-refractivity contribution in [1.29, 1.82) is 0 Å². The largest absolute Gasteiger partial charge is 0.481 e. The summed E-state index contributed by atoms with van der Waals surface area (Å²) < 4.78 is 5.80. The molecule has 1 N–H and O–H groups in total. The smallest absolute Gasteiger partial charge is 0.260 e. The van der Waals surface area contributed by atoms with E-state index in [9.17, 15) is 4.79 Å². The van der Waals surface area contributed by atoms with E-state index in [2.05, 4.69) is 42.6 Å². The molecule has 0 aliphatic carbocycles. The quantitative estimate of drug-likeness (QED) is 0.631. The van der Waals surface area contributed by atoms with Crippen molar-refractivity contribution < 1.29 is 9.53 Å². The van der Waals surface area contributed by atoms with Gasteiger partial charge in [0.25, 0.3) is 5.91 Å². The molecule has 0 unspecified atom stereocenters. The predicted molar refractivity (Wildman–Crippen MR) is 107 cm³/mol. The number of hydrogen-bond acceptors (Lipinski definition) is 2. The first-order chi connectivity index (χ1) is 12.6. The highest BCUT2D eigenvalue weighted by Gasteiger charge is 2.14. The van der Waals surface area contributed by atoms with Gasteiger partial charge in [0.05, 0.1) is 0 Å². The molecule has 0 aromatic heterocycles. The topological polar surface area (TPSA) is 38.3 Å². The van der Waals surface area contributed by atoms with Crippen molar-refractivity contribution in [2.45, 2.75) is 32.8 Å². The molecule has 0 aliphatic rings. The molecule has 26 heavy (non-hydrogen) atoms. The number of nitrogens with one attached hydrogen (secondary N) is 1. The Hall–Kier alpha value is -2.81. The molecule has 0 radical (unpaired) electrons. The monoisotopic (exact) mass is 347 g/mol. The molecule has 0 saturated heterocycles. The molecule has 3 aromatic rings. The zero-order chi connectivity index (χ0) is 18.4. The van der Waals surface area contributed by atoms with E-state index in [-0.39, 0.29) is 5.91 Å². The number of benzene rings is 3. The molecule has 3 nitrogen and oxygen atoms in total. The third-order valence-corrected chi connectivity index (χ3v) is 4.43. The normalized spacial score (nSPS) is 11.9. The molecular formula is C23H25NO2. The number of aryl methyl sites for hydroxylation is 2. The van der Waals surface area contributed by atoms with Gasteiger partial charge in [0.1, 0.15) is 5.75 Å². The molecular weight excluding hydrogens is 322 g/mol.